The van der Waals surface area contributed by atoms with E-state index in [9.17, 15) is 4.79 Å². The van der Waals surface area contributed by atoms with Gasteiger partial charge in [0.2, 0.25) is 0 Å². The minimum Gasteiger partial charge on any atom is -0.494 e. The highest BCUT2D eigenvalue weighted by atomic mass is 32.2. The van der Waals surface area contributed by atoms with Gasteiger partial charge in [-0.2, -0.15) is 0 Å². The molecule has 3 aromatic rings. The van der Waals surface area contributed by atoms with Crippen molar-refractivity contribution in [1.82, 2.24) is 0 Å². The van der Waals surface area contributed by atoms with Gasteiger partial charge in [0.05, 0.1) is 22.9 Å². The largest absolute Gasteiger partial charge is 0.494 e. The van der Waals surface area contributed by atoms with Crippen LogP contribution in [0.2, 0.25) is 0 Å². The summed E-state index contributed by atoms with van der Waals surface area (Å²) >= 11 is 1.39. The monoisotopic (exact) mass is 414 g/mol. The fraction of sp³-hybridized carbons (Fsp3) is 0.120. The van der Waals surface area contributed by atoms with E-state index in [1.54, 1.807) is 4.90 Å². The van der Waals surface area contributed by atoms with Crippen molar-refractivity contribution in [2.75, 3.05) is 11.5 Å². The second-order valence-corrected chi connectivity index (χ2v) is 7.74. The summed E-state index contributed by atoms with van der Waals surface area (Å²) in [6, 6.07) is 27.1. The van der Waals surface area contributed by atoms with E-state index in [0.29, 0.717) is 16.7 Å². The standard InChI is InChI=1S/C25H22N2O2S/c1-2-17-29-22-15-13-19(14-16-22)18-23-24(28)27(21-11-7-4-8-12-21)25(30-23)26-20-9-5-3-6-10-20/h3-16,18H,2,17H2,1H3/b23-18-,26-25?. The summed E-state index contributed by atoms with van der Waals surface area (Å²) < 4.78 is 5.64. The zero-order chi connectivity index (χ0) is 20.8. The molecule has 30 heavy (non-hydrogen) atoms. The molecule has 0 radical (unpaired) electrons. The van der Waals surface area contributed by atoms with Crippen molar-refractivity contribution in [2.24, 2.45) is 4.99 Å². The Hall–Kier alpha value is -3.31. The maximum Gasteiger partial charge on any atom is 0.271 e. The van der Waals surface area contributed by atoms with Gasteiger partial charge < -0.3 is 4.74 Å². The van der Waals surface area contributed by atoms with E-state index in [0.717, 1.165) is 29.1 Å². The van der Waals surface area contributed by atoms with Crippen LogP contribution in [0.4, 0.5) is 11.4 Å². The lowest BCUT2D eigenvalue weighted by atomic mass is 10.2. The van der Waals surface area contributed by atoms with Gasteiger partial charge in [-0.05, 0) is 66.2 Å². The molecule has 3 aromatic carbocycles. The summed E-state index contributed by atoms with van der Waals surface area (Å²) in [5, 5.41) is 0.645. The number of hydrogen-bond acceptors (Lipinski definition) is 4. The van der Waals surface area contributed by atoms with Crippen LogP contribution in [-0.2, 0) is 4.79 Å². The van der Waals surface area contributed by atoms with Crippen molar-refractivity contribution in [3.8, 4) is 5.75 Å². The van der Waals surface area contributed by atoms with Crippen molar-refractivity contribution < 1.29 is 9.53 Å². The highest BCUT2D eigenvalue weighted by Crippen LogP contribution is 2.37. The molecule has 0 spiro atoms. The average molecular weight is 415 g/mol. The molecule has 150 valence electrons. The number of amides is 1. The normalized spacial score (nSPS) is 16.4. The molecule has 5 heteroatoms. The van der Waals surface area contributed by atoms with Crippen molar-refractivity contribution in [1.29, 1.82) is 0 Å². The summed E-state index contributed by atoms with van der Waals surface area (Å²) in [5.41, 5.74) is 2.56. The van der Waals surface area contributed by atoms with Crippen LogP contribution in [0.3, 0.4) is 0 Å². The number of ether oxygens (including phenoxy) is 1. The third-order valence-electron chi connectivity index (χ3n) is 4.45. The van der Waals surface area contributed by atoms with Crippen LogP contribution in [0, 0.1) is 0 Å². The molecule has 0 unspecified atom stereocenters. The molecule has 1 heterocycles. The number of rotatable bonds is 6. The van der Waals surface area contributed by atoms with E-state index in [4.69, 9.17) is 9.73 Å². The zero-order valence-electron chi connectivity index (χ0n) is 16.7. The van der Waals surface area contributed by atoms with Gasteiger partial charge in [-0.3, -0.25) is 9.69 Å². The number of anilines is 1. The minimum atomic E-state index is -0.0767. The minimum absolute atomic E-state index is 0.0767. The Balaban J connectivity index is 1.66. The number of aliphatic imine (C=N–C) groups is 1. The van der Waals surface area contributed by atoms with Crippen LogP contribution in [0.25, 0.3) is 6.08 Å². The van der Waals surface area contributed by atoms with E-state index in [2.05, 4.69) is 6.92 Å². The average Bonchev–Trinajstić information content (AvgIpc) is 3.09. The number of para-hydroxylation sites is 2. The highest BCUT2D eigenvalue weighted by Gasteiger charge is 2.34. The summed E-state index contributed by atoms with van der Waals surface area (Å²) in [6.07, 6.45) is 2.87. The SMILES string of the molecule is CCCOc1ccc(/C=C2\SC(=Nc3ccccc3)N(c3ccccc3)C2=O)cc1. The molecule has 1 aliphatic heterocycles. The Labute approximate surface area is 180 Å². The molecular weight excluding hydrogens is 392 g/mol. The lowest BCUT2D eigenvalue weighted by molar-refractivity contribution is -0.113. The van der Waals surface area contributed by atoms with Gasteiger partial charge in [0.15, 0.2) is 5.17 Å². The Kier molecular flexibility index (Phi) is 6.30. The summed E-state index contributed by atoms with van der Waals surface area (Å²) in [5.74, 6) is 0.758. The molecule has 0 saturated carbocycles. The summed E-state index contributed by atoms with van der Waals surface area (Å²) in [7, 11) is 0. The molecule has 1 fully saturated rings. The number of carbonyl (C=O) groups is 1. The molecule has 1 saturated heterocycles. The third-order valence-corrected chi connectivity index (χ3v) is 5.42. The third kappa shape index (κ3) is 4.63. The number of amidine groups is 1. The lowest BCUT2D eigenvalue weighted by Gasteiger charge is -2.15. The van der Waals surface area contributed by atoms with Crippen LogP contribution < -0.4 is 9.64 Å². The first kappa shape index (κ1) is 20.0. The summed E-state index contributed by atoms with van der Waals surface area (Å²) in [4.78, 5) is 20.3. The Morgan fingerprint density at radius 1 is 0.933 bits per heavy atom. The molecule has 0 atom stereocenters. The summed E-state index contributed by atoms with van der Waals surface area (Å²) in [6.45, 7) is 2.77. The van der Waals surface area contributed by atoms with Crippen LogP contribution in [0.1, 0.15) is 18.9 Å². The van der Waals surface area contributed by atoms with Crippen molar-refractivity contribution >= 4 is 40.3 Å². The van der Waals surface area contributed by atoms with E-state index >= 15 is 0 Å². The maximum absolute atomic E-state index is 13.3. The lowest BCUT2D eigenvalue weighted by Crippen LogP contribution is -2.28. The van der Waals surface area contributed by atoms with Gasteiger partial charge in [0.25, 0.3) is 5.91 Å². The molecule has 0 bridgehead atoms. The van der Waals surface area contributed by atoms with Crippen LogP contribution in [0.5, 0.6) is 5.75 Å². The number of thioether (sulfide) groups is 1. The number of carbonyl (C=O) groups excluding carboxylic acids is 1. The van der Waals surface area contributed by atoms with Gasteiger partial charge in [0, 0.05) is 0 Å². The van der Waals surface area contributed by atoms with Gasteiger partial charge in [-0.25, -0.2) is 4.99 Å². The Bertz CT molecular complexity index is 1060. The maximum atomic E-state index is 13.3. The molecule has 1 amide bonds. The smallest absolute Gasteiger partial charge is 0.271 e. The van der Waals surface area contributed by atoms with Crippen LogP contribution >= 0.6 is 11.8 Å². The van der Waals surface area contributed by atoms with E-state index in [-0.39, 0.29) is 5.91 Å². The van der Waals surface area contributed by atoms with Crippen molar-refractivity contribution in [3.63, 3.8) is 0 Å². The topological polar surface area (TPSA) is 41.9 Å². The quantitative estimate of drug-likeness (QED) is 0.446. The van der Waals surface area contributed by atoms with E-state index in [1.165, 1.54) is 11.8 Å². The van der Waals surface area contributed by atoms with Gasteiger partial charge in [-0.15, -0.1) is 0 Å². The predicted octanol–water partition coefficient (Wildman–Crippen LogP) is 6.28. The predicted molar refractivity (Wildman–Crippen MR) is 125 cm³/mol. The fourth-order valence-corrected chi connectivity index (χ4v) is 4.00. The van der Waals surface area contributed by atoms with Gasteiger partial charge >= 0.3 is 0 Å². The highest BCUT2D eigenvalue weighted by molar-refractivity contribution is 8.19. The Morgan fingerprint density at radius 2 is 1.60 bits per heavy atom. The molecule has 4 rings (SSSR count). The Morgan fingerprint density at radius 3 is 2.27 bits per heavy atom. The van der Waals surface area contributed by atoms with Gasteiger partial charge in [-0.1, -0.05) is 55.5 Å². The second-order valence-electron chi connectivity index (χ2n) is 6.73. The van der Waals surface area contributed by atoms with Crippen molar-refractivity contribution in [3.05, 3.63) is 95.4 Å². The van der Waals surface area contributed by atoms with E-state index < -0.39 is 0 Å². The van der Waals surface area contributed by atoms with Crippen molar-refractivity contribution in [2.45, 2.75) is 13.3 Å². The van der Waals surface area contributed by atoms with Gasteiger partial charge in [0.1, 0.15) is 5.75 Å². The van der Waals surface area contributed by atoms with Crippen LogP contribution in [0.15, 0.2) is 94.8 Å². The molecule has 4 nitrogen and oxygen atoms in total. The first-order valence-electron chi connectivity index (χ1n) is 9.90. The van der Waals surface area contributed by atoms with Crippen LogP contribution in [-0.4, -0.2) is 17.7 Å². The number of nitrogens with zero attached hydrogens (tertiary/aromatic N) is 2. The van der Waals surface area contributed by atoms with E-state index in [1.807, 2.05) is 91.0 Å². The molecule has 1 aliphatic rings. The zero-order valence-corrected chi connectivity index (χ0v) is 17.5. The number of benzene rings is 3. The first-order valence-corrected chi connectivity index (χ1v) is 10.7. The molecule has 0 N–H and O–H groups in total. The first-order chi connectivity index (χ1) is 14.7. The fourth-order valence-electron chi connectivity index (χ4n) is 3.00. The number of hydrogen-bond donors (Lipinski definition) is 0. The molecule has 0 aromatic heterocycles. The second kappa shape index (κ2) is 9.46. The molecular formula is C25H22N2O2S. The molecule has 0 aliphatic carbocycles.